The van der Waals surface area contributed by atoms with E-state index in [9.17, 15) is 4.79 Å². The van der Waals surface area contributed by atoms with Gasteiger partial charge in [0.05, 0.1) is 0 Å². The quantitative estimate of drug-likeness (QED) is 0.596. The average molecular weight is 310 g/mol. The van der Waals surface area contributed by atoms with Gasteiger partial charge in [-0.05, 0) is 52.3 Å². The van der Waals surface area contributed by atoms with Crippen molar-refractivity contribution in [3.05, 3.63) is 106 Å². The van der Waals surface area contributed by atoms with Crippen LogP contribution in [-0.4, -0.2) is 6.29 Å². The molecule has 0 saturated carbocycles. The summed E-state index contributed by atoms with van der Waals surface area (Å²) < 4.78 is 0. The van der Waals surface area contributed by atoms with E-state index < -0.39 is 0 Å². The molecule has 0 atom stereocenters. The van der Waals surface area contributed by atoms with Crippen molar-refractivity contribution in [1.29, 1.82) is 0 Å². The van der Waals surface area contributed by atoms with Crippen LogP contribution in [0.4, 0.5) is 0 Å². The minimum Gasteiger partial charge on any atom is -0.298 e. The Bertz CT molecular complexity index is 867. The van der Waals surface area contributed by atoms with Crippen molar-refractivity contribution in [3.8, 4) is 0 Å². The lowest BCUT2D eigenvalue weighted by atomic mass is 9.92. The number of carbonyl (C=O) groups excluding carboxylic acids is 1. The number of hydrogen-bond donors (Lipinski definition) is 0. The third-order valence-corrected chi connectivity index (χ3v) is 4.66. The molecule has 0 unspecified atom stereocenters. The predicted molar refractivity (Wildman–Crippen MR) is 99.1 cm³/mol. The van der Waals surface area contributed by atoms with Crippen molar-refractivity contribution in [1.82, 2.24) is 0 Å². The van der Waals surface area contributed by atoms with Crippen LogP contribution in [0.2, 0.25) is 0 Å². The minimum atomic E-state index is 0.707. The van der Waals surface area contributed by atoms with Crippen LogP contribution in [0.1, 0.15) is 38.2 Å². The van der Waals surface area contributed by atoms with E-state index >= 15 is 0 Å². The van der Waals surface area contributed by atoms with Crippen LogP contribution in [0.15, 0.2) is 72.8 Å². The SMILES string of the molecule is O=Cc1ccc(C=C2c3ccccc3CCc3ccccc32)cc1. The molecule has 1 aliphatic rings. The molecule has 3 aromatic carbocycles. The highest BCUT2D eigenvalue weighted by atomic mass is 16.1. The molecule has 0 aromatic heterocycles. The number of hydrogen-bond acceptors (Lipinski definition) is 1. The molecule has 4 rings (SSSR count). The molecule has 0 spiro atoms. The summed E-state index contributed by atoms with van der Waals surface area (Å²) in [5, 5.41) is 0. The van der Waals surface area contributed by atoms with Crippen LogP contribution in [0, 0.1) is 0 Å². The Kier molecular flexibility index (Phi) is 3.84. The third kappa shape index (κ3) is 2.69. The molecule has 0 heterocycles. The summed E-state index contributed by atoms with van der Waals surface area (Å²) in [6.45, 7) is 0. The first-order valence-corrected chi connectivity index (χ1v) is 8.28. The van der Waals surface area contributed by atoms with Gasteiger partial charge in [0.1, 0.15) is 6.29 Å². The molecular formula is C23H18O. The van der Waals surface area contributed by atoms with Crippen LogP contribution >= 0.6 is 0 Å². The molecule has 1 aliphatic carbocycles. The van der Waals surface area contributed by atoms with Gasteiger partial charge >= 0.3 is 0 Å². The highest BCUT2D eigenvalue weighted by Crippen LogP contribution is 2.34. The van der Waals surface area contributed by atoms with Gasteiger partial charge < -0.3 is 0 Å². The molecule has 0 radical (unpaired) electrons. The van der Waals surface area contributed by atoms with Gasteiger partial charge in [-0.15, -0.1) is 0 Å². The van der Waals surface area contributed by atoms with Gasteiger partial charge in [0.25, 0.3) is 0 Å². The summed E-state index contributed by atoms with van der Waals surface area (Å²) in [5.74, 6) is 0. The number of fused-ring (bicyclic) bond motifs is 2. The smallest absolute Gasteiger partial charge is 0.150 e. The molecule has 0 saturated heterocycles. The molecule has 0 amide bonds. The highest BCUT2D eigenvalue weighted by molar-refractivity contribution is 5.94. The lowest BCUT2D eigenvalue weighted by Gasteiger charge is -2.12. The maximum Gasteiger partial charge on any atom is 0.150 e. The normalized spacial score (nSPS) is 12.8. The maximum atomic E-state index is 10.9. The van der Waals surface area contributed by atoms with E-state index in [1.54, 1.807) is 0 Å². The van der Waals surface area contributed by atoms with Gasteiger partial charge in [0.2, 0.25) is 0 Å². The third-order valence-electron chi connectivity index (χ3n) is 4.66. The van der Waals surface area contributed by atoms with Crippen molar-refractivity contribution >= 4 is 17.9 Å². The second kappa shape index (κ2) is 6.29. The van der Waals surface area contributed by atoms with Gasteiger partial charge in [0.15, 0.2) is 0 Å². The maximum absolute atomic E-state index is 10.9. The lowest BCUT2D eigenvalue weighted by Crippen LogP contribution is -1.92. The van der Waals surface area contributed by atoms with E-state index in [4.69, 9.17) is 0 Å². The van der Waals surface area contributed by atoms with Crippen molar-refractivity contribution in [2.45, 2.75) is 12.8 Å². The van der Waals surface area contributed by atoms with Crippen molar-refractivity contribution < 1.29 is 4.79 Å². The summed E-state index contributed by atoms with van der Waals surface area (Å²) >= 11 is 0. The number of aldehydes is 1. The van der Waals surface area contributed by atoms with Gasteiger partial charge in [-0.2, -0.15) is 0 Å². The first kappa shape index (κ1) is 14.6. The molecule has 0 bridgehead atoms. The Morgan fingerprint density at radius 1 is 0.625 bits per heavy atom. The second-order valence-corrected chi connectivity index (χ2v) is 6.16. The standard InChI is InChI=1S/C23H18O/c24-16-18-11-9-17(10-12-18)15-23-21-7-3-1-5-19(21)13-14-20-6-2-4-8-22(20)23/h1-12,15-16H,13-14H2. The van der Waals surface area contributed by atoms with E-state index in [0.717, 1.165) is 24.7 Å². The van der Waals surface area contributed by atoms with Crippen LogP contribution in [0.5, 0.6) is 0 Å². The van der Waals surface area contributed by atoms with Crippen LogP contribution < -0.4 is 0 Å². The zero-order valence-electron chi connectivity index (χ0n) is 13.4. The van der Waals surface area contributed by atoms with Gasteiger partial charge in [-0.1, -0.05) is 72.8 Å². The predicted octanol–water partition coefficient (Wildman–Crippen LogP) is 5.19. The summed E-state index contributed by atoms with van der Waals surface area (Å²) in [7, 11) is 0. The largest absolute Gasteiger partial charge is 0.298 e. The summed E-state index contributed by atoms with van der Waals surface area (Å²) in [5.41, 5.74) is 8.48. The van der Waals surface area contributed by atoms with Crippen molar-refractivity contribution in [3.63, 3.8) is 0 Å². The monoisotopic (exact) mass is 310 g/mol. The van der Waals surface area contributed by atoms with E-state index in [0.29, 0.717) is 5.56 Å². The number of benzene rings is 3. The molecule has 0 fully saturated rings. The number of carbonyl (C=O) groups is 1. The molecule has 0 N–H and O–H groups in total. The summed E-state index contributed by atoms with van der Waals surface area (Å²) in [4.78, 5) is 10.9. The zero-order valence-corrected chi connectivity index (χ0v) is 13.4. The van der Waals surface area contributed by atoms with E-state index in [-0.39, 0.29) is 0 Å². The fourth-order valence-corrected chi connectivity index (χ4v) is 3.41. The number of rotatable bonds is 2. The molecule has 24 heavy (non-hydrogen) atoms. The fraction of sp³-hybridized carbons (Fsp3) is 0.0870. The molecular weight excluding hydrogens is 292 g/mol. The Morgan fingerprint density at radius 2 is 1.12 bits per heavy atom. The van der Waals surface area contributed by atoms with Gasteiger partial charge in [-0.25, -0.2) is 0 Å². The Labute approximate surface area is 142 Å². The summed E-state index contributed by atoms with van der Waals surface area (Å²) in [6.07, 6.45) is 5.24. The second-order valence-electron chi connectivity index (χ2n) is 6.16. The van der Waals surface area contributed by atoms with Crippen LogP contribution in [0.25, 0.3) is 11.6 Å². The molecule has 3 aromatic rings. The summed E-state index contributed by atoms with van der Waals surface area (Å²) in [6, 6.07) is 25.1. The first-order valence-electron chi connectivity index (χ1n) is 8.28. The molecule has 1 heteroatoms. The fourth-order valence-electron chi connectivity index (χ4n) is 3.41. The van der Waals surface area contributed by atoms with Crippen LogP contribution in [-0.2, 0) is 12.8 Å². The van der Waals surface area contributed by atoms with Crippen molar-refractivity contribution in [2.24, 2.45) is 0 Å². The van der Waals surface area contributed by atoms with E-state index in [1.165, 1.54) is 27.8 Å². The van der Waals surface area contributed by atoms with Crippen LogP contribution in [0.3, 0.4) is 0 Å². The Hall–Kier alpha value is -2.93. The number of aryl methyl sites for hydroxylation is 2. The highest BCUT2D eigenvalue weighted by Gasteiger charge is 2.17. The molecule has 0 aliphatic heterocycles. The Balaban J connectivity index is 1.91. The topological polar surface area (TPSA) is 17.1 Å². The Morgan fingerprint density at radius 3 is 1.67 bits per heavy atom. The van der Waals surface area contributed by atoms with Gasteiger partial charge in [-0.3, -0.25) is 4.79 Å². The van der Waals surface area contributed by atoms with Gasteiger partial charge in [0, 0.05) is 5.56 Å². The average Bonchev–Trinajstić information content (AvgIpc) is 2.80. The van der Waals surface area contributed by atoms with E-state index in [1.807, 2.05) is 24.3 Å². The zero-order chi connectivity index (χ0) is 16.4. The molecule has 1 nitrogen and oxygen atoms in total. The first-order chi connectivity index (χ1) is 11.8. The van der Waals surface area contributed by atoms with Crippen molar-refractivity contribution in [2.75, 3.05) is 0 Å². The lowest BCUT2D eigenvalue weighted by molar-refractivity contribution is 0.112. The minimum absolute atomic E-state index is 0.707. The molecule has 116 valence electrons. The van der Waals surface area contributed by atoms with E-state index in [2.05, 4.69) is 54.6 Å².